The number of aromatic nitrogens is 1. The number of para-hydroxylation sites is 1. The molecular formula is C26H26ClN3O3. The quantitative estimate of drug-likeness (QED) is 0.339. The summed E-state index contributed by atoms with van der Waals surface area (Å²) in [5.41, 5.74) is 2.98. The Balaban J connectivity index is 1.58. The fourth-order valence-electron chi connectivity index (χ4n) is 4.00. The molecule has 4 rings (SSSR count). The molecule has 2 heterocycles. The van der Waals surface area contributed by atoms with Gasteiger partial charge in [0.15, 0.2) is 5.76 Å². The van der Waals surface area contributed by atoms with Crippen molar-refractivity contribution in [2.75, 3.05) is 6.54 Å². The van der Waals surface area contributed by atoms with Crippen LogP contribution in [0.3, 0.4) is 0 Å². The van der Waals surface area contributed by atoms with Crippen molar-refractivity contribution in [1.82, 2.24) is 15.6 Å². The number of carbonyl (C=O) groups is 2. The minimum Gasteiger partial charge on any atom is -0.459 e. The number of fused-ring (bicyclic) bond motifs is 1. The van der Waals surface area contributed by atoms with E-state index in [9.17, 15) is 9.59 Å². The maximum atomic E-state index is 13.1. The summed E-state index contributed by atoms with van der Waals surface area (Å²) in [6, 6.07) is 18.2. The van der Waals surface area contributed by atoms with E-state index in [0.29, 0.717) is 11.6 Å². The average molecular weight is 464 g/mol. The van der Waals surface area contributed by atoms with Crippen molar-refractivity contribution in [3.05, 3.63) is 95.0 Å². The van der Waals surface area contributed by atoms with Gasteiger partial charge in [0, 0.05) is 34.6 Å². The smallest absolute Gasteiger partial charge is 0.287 e. The first-order valence-electron chi connectivity index (χ1n) is 10.9. The highest BCUT2D eigenvalue weighted by molar-refractivity contribution is 6.31. The Morgan fingerprint density at radius 3 is 2.48 bits per heavy atom. The van der Waals surface area contributed by atoms with Crippen LogP contribution < -0.4 is 10.6 Å². The summed E-state index contributed by atoms with van der Waals surface area (Å²) in [5, 5.41) is 7.52. The summed E-state index contributed by atoms with van der Waals surface area (Å²) < 4.78 is 5.15. The lowest BCUT2D eigenvalue weighted by Crippen LogP contribution is -2.50. The lowest BCUT2D eigenvalue weighted by molar-refractivity contribution is -0.123. The topological polar surface area (TPSA) is 87.1 Å². The number of hydrogen-bond donors (Lipinski definition) is 3. The van der Waals surface area contributed by atoms with Crippen molar-refractivity contribution < 1.29 is 14.0 Å². The number of furan rings is 1. The van der Waals surface area contributed by atoms with Crippen molar-refractivity contribution in [1.29, 1.82) is 0 Å². The lowest BCUT2D eigenvalue weighted by Gasteiger charge is -2.24. The molecule has 6 nitrogen and oxygen atoms in total. The van der Waals surface area contributed by atoms with E-state index in [0.717, 1.165) is 22.0 Å². The summed E-state index contributed by atoms with van der Waals surface area (Å²) in [6.45, 7) is 4.10. The Morgan fingerprint density at radius 2 is 1.76 bits per heavy atom. The third-order valence-corrected chi connectivity index (χ3v) is 6.08. The van der Waals surface area contributed by atoms with Crippen molar-refractivity contribution in [3.8, 4) is 0 Å². The Hall–Kier alpha value is -3.51. The molecule has 33 heavy (non-hydrogen) atoms. The molecule has 0 fully saturated rings. The van der Waals surface area contributed by atoms with E-state index in [-0.39, 0.29) is 23.5 Å². The van der Waals surface area contributed by atoms with E-state index in [1.54, 1.807) is 12.1 Å². The van der Waals surface area contributed by atoms with Gasteiger partial charge in [-0.2, -0.15) is 0 Å². The van der Waals surface area contributed by atoms with Crippen LogP contribution in [0.4, 0.5) is 0 Å². The van der Waals surface area contributed by atoms with Gasteiger partial charge >= 0.3 is 0 Å². The highest BCUT2D eigenvalue weighted by atomic mass is 35.5. The highest BCUT2D eigenvalue weighted by Gasteiger charge is 2.27. The molecule has 2 aromatic heterocycles. The van der Waals surface area contributed by atoms with Crippen LogP contribution in [0.15, 0.2) is 77.5 Å². The molecule has 0 radical (unpaired) electrons. The van der Waals surface area contributed by atoms with E-state index in [1.165, 1.54) is 6.26 Å². The SMILES string of the molecule is CC(C)[C@@H](NC(=O)c1ccco1)C(=O)NC[C@H](c1ccccc1Cl)c1c[nH]c2ccccc12. The van der Waals surface area contributed by atoms with Gasteiger partial charge in [-0.1, -0.05) is 61.8 Å². The molecule has 0 aliphatic carbocycles. The first-order chi connectivity index (χ1) is 16.0. The first kappa shape index (κ1) is 22.7. The molecule has 2 amide bonds. The minimum absolute atomic E-state index is 0.115. The van der Waals surface area contributed by atoms with Crippen molar-refractivity contribution >= 4 is 34.3 Å². The number of nitrogens with one attached hydrogen (secondary N) is 3. The van der Waals surface area contributed by atoms with Crippen molar-refractivity contribution in [2.45, 2.75) is 25.8 Å². The average Bonchev–Trinajstić information content (AvgIpc) is 3.49. The van der Waals surface area contributed by atoms with Crippen LogP contribution in [-0.2, 0) is 4.79 Å². The van der Waals surface area contributed by atoms with Crippen molar-refractivity contribution in [3.63, 3.8) is 0 Å². The van der Waals surface area contributed by atoms with Crippen LogP contribution in [0.25, 0.3) is 10.9 Å². The second-order valence-electron chi connectivity index (χ2n) is 8.28. The van der Waals surface area contributed by atoms with Crippen molar-refractivity contribution in [2.24, 2.45) is 5.92 Å². The maximum Gasteiger partial charge on any atom is 0.287 e. The predicted octanol–water partition coefficient (Wildman–Crippen LogP) is 5.12. The summed E-state index contributed by atoms with van der Waals surface area (Å²) in [6.07, 6.45) is 3.39. The molecule has 3 N–H and O–H groups in total. The third-order valence-electron chi connectivity index (χ3n) is 5.74. The Bertz CT molecular complexity index is 1250. The standard InChI is InChI=1S/C26H26ClN3O3/c1-16(2)24(30-25(31)23-12-7-13-33-23)26(32)29-15-19(17-8-3-5-10-21(17)27)20-14-28-22-11-6-4-9-18(20)22/h3-14,16,19,24,28H,15H2,1-2H3,(H,29,32)(H,30,31)/t19-,24-/m1/s1. The van der Waals surface area contributed by atoms with Crippen LogP contribution in [0, 0.1) is 5.92 Å². The summed E-state index contributed by atoms with van der Waals surface area (Å²) in [7, 11) is 0. The van der Waals surface area contributed by atoms with Gasteiger partial charge in [0.1, 0.15) is 6.04 Å². The number of carbonyl (C=O) groups excluding carboxylic acids is 2. The summed E-state index contributed by atoms with van der Waals surface area (Å²) in [4.78, 5) is 28.9. The molecule has 0 saturated heterocycles. The van der Waals surface area contributed by atoms with Gasteiger partial charge in [-0.3, -0.25) is 9.59 Å². The van der Waals surface area contributed by atoms with Gasteiger partial charge in [0.2, 0.25) is 5.91 Å². The van der Waals surface area contributed by atoms with Gasteiger partial charge in [-0.25, -0.2) is 0 Å². The van der Waals surface area contributed by atoms with E-state index in [2.05, 4.69) is 15.6 Å². The molecule has 2 aromatic carbocycles. The molecular weight excluding hydrogens is 438 g/mol. The van der Waals surface area contributed by atoms with Gasteiger partial charge in [0.05, 0.1) is 6.26 Å². The van der Waals surface area contributed by atoms with Crippen LogP contribution in [0.2, 0.25) is 5.02 Å². The number of aromatic amines is 1. The van der Waals surface area contributed by atoms with Crippen LogP contribution in [-0.4, -0.2) is 29.4 Å². The lowest BCUT2D eigenvalue weighted by atomic mass is 9.90. The molecule has 4 aromatic rings. The second-order valence-corrected chi connectivity index (χ2v) is 8.69. The largest absolute Gasteiger partial charge is 0.459 e. The maximum absolute atomic E-state index is 13.1. The van der Waals surface area contributed by atoms with Crippen LogP contribution in [0.5, 0.6) is 0 Å². The fourth-order valence-corrected chi connectivity index (χ4v) is 4.26. The number of rotatable bonds is 8. The van der Waals surface area contributed by atoms with Gasteiger partial charge in [-0.05, 0) is 41.3 Å². The second kappa shape index (κ2) is 9.96. The van der Waals surface area contributed by atoms with Gasteiger partial charge in [0.25, 0.3) is 5.91 Å². The zero-order valence-corrected chi connectivity index (χ0v) is 19.2. The van der Waals surface area contributed by atoms with E-state index in [4.69, 9.17) is 16.0 Å². The van der Waals surface area contributed by atoms with E-state index in [1.807, 2.05) is 68.6 Å². The Labute approximate surface area is 197 Å². The molecule has 0 aliphatic heterocycles. The zero-order valence-electron chi connectivity index (χ0n) is 18.5. The van der Waals surface area contributed by atoms with E-state index >= 15 is 0 Å². The van der Waals surface area contributed by atoms with E-state index < -0.39 is 11.9 Å². The van der Waals surface area contributed by atoms with Gasteiger partial charge in [-0.15, -0.1) is 0 Å². The number of halogens is 1. The molecule has 0 unspecified atom stereocenters. The number of hydrogen-bond acceptors (Lipinski definition) is 3. The first-order valence-corrected chi connectivity index (χ1v) is 11.3. The molecule has 7 heteroatoms. The van der Waals surface area contributed by atoms with Crippen LogP contribution >= 0.6 is 11.6 Å². The molecule has 2 atom stereocenters. The fraction of sp³-hybridized carbons (Fsp3) is 0.231. The number of H-pyrrole nitrogens is 1. The third kappa shape index (κ3) is 4.96. The summed E-state index contributed by atoms with van der Waals surface area (Å²) in [5.74, 6) is -0.806. The Kier molecular flexibility index (Phi) is 6.84. The number of benzene rings is 2. The predicted molar refractivity (Wildman–Crippen MR) is 129 cm³/mol. The summed E-state index contributed by atoms with van der Waals surface area (Å²) >= 11 is 6.55. The molecule has 170 valence electrons. The molecule has 0 bridgehead atoms. The molecule has 0 aliphatic rings. The molecule has 0 saturated carbocycles. The van der Waals surface area contributed by atoms with Gasteiger partial charge < -0.3 is 20.0 Å². The molecule has 0 spiro atoms. The normalized spacial score (nSPS) is 13.1. The minimum atomic E-state index is -0.711. The monoisotopic (exact) mass is 463 g/mol. The highest BCUT2D eigenvalue weighted by Crippen LogP contribution is 2.34. The number of amides is 2. The van der Waals surface area contributed by atoms with Crippen LogP contribution in [0.1, 0.15) is 41.4 Å². The zero-order chi connectivity index (χ0) is 23.4. The Morgan fingerprint density at radius 1 is 1.00 bits per heavy atom.